The first-order chi connectivity index (χ1) is 6.86. The Bertz CT molecular complexity index is 294. The number of allylic oxidation sites excluding steroid dienone is 1. The smallest absolute Gasteiger partial charge is 0.120 e. The highest BCUT2D eigenvalue weighted by atomic mass is 35.5. The summed E-state index contributed by atoms with van der Waals surface area (Å²) in [6, 6.07) is 8.14. The van der Waals surface area contributed by atoms with E-state index in [1.165, 1.54) is 5.56 Å². The third kappa shape index (κ3) is 3.84. The molecule has 0 saturated heterocycles. The van der Waals surface area contributed by atoms with Gasteiger partial charge in [-0.25, -0.2) is 0 Å². The Hall–Kier alpha value is -0.950. The fourth-order valence-corrected chi connectivity index (χ4v) is 1.26. The largest absolute Gasteiger partial charge is 0.490 e. The van der Waals surface area contributed by atoms with Crippen LogP contribution in [0.2, 0.25) is 0 Å². The summed E-state index contributed by atoms with van der Waals surface area (Å²) in [4.78, 5) is 0. The zero-order valence-electron chi connectivity index (χ0n) is 8.37. The molecule has 1 rings (SSSR count). The molecule has 0 amide bonds. The molecular formula is C12H15ClO. The van der Waals surface area contributed by atoms with E-state index in [9.17, 15) is 0 Å². The number of ether oxygens (including phenoxy) is 1. The molecule has 2 heteroatoms. The minimum Gasteiger partial charge on any atom is -0.490 e. The number of rotatable bonds is 5. The standard InChI is InChI=1S/C12H15ClO/c1-2-11-6-5-7-12(10-11)14-9-4-3-8-13/h3-7,10H,2,8-9H2,1H3. The summed E-state index contributed by atoms with van der Waals surface area (Å²) < 4.78 is 5.51. The van der Waals surface area contributed by atoms with E-state index in [2.05, 4.69) is 19.1 Å². The molecule has 14 heavy (non-hydrogen) atoms. The van der Waals surface area contributed by atoms with Crippen LogP contribution < -0.4 is 4.74 Å². The molecule has 0 N–H and O–H groups in total. The summed E-state index contributed by atoms with van der Waals surface area (Å²) in [6.45, 7) is 2.71. The average Bonchev–Trinajstić information content (AvgIpc) is 2.25. The number of hydrogen-bond donors (Lipinski definition) is 0. The number of aryl methyl sites for hydroxylation is 1. The third-order valence-electron chi connectivity index (χ3n) is 1.91. The Balaban J connectivity index is 2.46. The van der Waals surface area contributed by atoms with Crippen molar-refractivity contribution in [3.05, 3.63) is 42.0 Å². The van der Waals surface area contributed by atoms with E-state index in [0.29, 0.717) is 12.5 Å². The molecule has 0 fully saturated rings. The maximum Gasteiger partial charge on any atom is 0.120 e. The fraction of sp³-hybridized carbons (Fsp3) is 0.333. The Morgan fingerprint density at radius 1 is 1.36 bits per heavy atom. The van der Waals surface area contributed by atoms with Gasteiger partial charge in [-0.2, -0.15) is 0 Å². The third-order valence-corrected chi connectivity index (χ3v) is 2.09. The second-order valence-corrected chi connectivity index (χ2v) is 3.25. The van der Waals surface area contributed by atoms with Crippen molar-refractivity contribution in [2.75, 3.05) is 12.5 Å². The maximum absolute atomic E-state index is 5.51. The Morgan fingerprint density at radius 2 is 2.21 bits per heavy atom. The monoisotopic (exact) mass is 210 g/mol. The minimum atomic E-state index is 0.540. The normalized spacial score (nSPS) is 10.7. The van der Waals surface area contributed by atoms with Crippen LogP contribution in [0.5, 0.6) is 5.75 Å². The van der Waals surface area contributed by atoms with Gasteiger partial charge in [-0.15, -0.1) is 11.6 Å². The number of halogens is 1. The molecule has 1 nitrogen and oxygen atoms in total. The molecule has 0 aliphatic rings. The van der Waals surface area contributed by atoms with Crippen molar-refractivity contribution in [1.29, 1.82) is 0 Å². The maximum atomic E-state index is 5.51. The van der Waals surface area contributed by atoms with Crippen LogP contribution in [0, 0.1) is 0 Å². The summed E-state index contributed by atoms with van der Waals surface area (Å²) in [5.74, 6) is 1.46. The lowest BCUT2D eigenvalue weighted by Gasteiger charge is -2.04. The van der Waals surface area contributed by atoms with E-state index in [1.54, 1.807) is 0 Å². The molecule has 76 valence electrons. The average molecular weight is 211 g/mol. The van der Waals surface area contributed by atoms with Crippen molar-refractivity contribution in [2.24, 2.45) is 0 Å². The SMILES string of the molecule is CCc1cccc(OCC=CCCl)c1. The molecule has 0 aromatic heterocycles. The predicted molar refractivity (Wildman–Crippen MR) is 61.2 cm³/mol. The molecule has 0 aliphatic heterocycles. The van der Waals surface area contributed by atoms with Gasteiger partial charge in [0.15, 0.2) is 0 Å². The van der Waals surface area contributed by atoms with Crippen molar-refractivity contribution < 1.29 is 4.74 Å². The van der Waals surface area contributed by atoms with Crippen molar-refractivity contribution in [2.45, 2.75) is 13.3 Å². The van der Waals surface area contributed by atoms with Crippen LogP contribution in [0.4, 0.5) is 0 Å². The topological polar surface area (TPSA) is 9.23 Å². The minimum absolute atomic E-state index is 0.540. The highest BCUT2D eigenvalue weighted by Gasteiger charge is 1.93. The summed E-state index contributed by atoms with van der Waals surface area (Å²) in [6.07, 6.45) is 4.84. The van der Waals surface area contributed by atoms with Gasteiger partial charge in [0.1, 0.15) is 12.4 Å². The first-order valence-electron chi connectivity index (χ1n) is 4.79. The van der Waals surface area contributed by atoms with Crippen molar-refractivity contribution >= 4 is 11.6 Å². The van der Waals surface area contributed by atoms with Crippen LogP contribution in [-0.4, -0.2) is 12.5 Å². The highest BCUT2D eigenvalue weighted by molar-refractivity contribution is 6.18. The van der Waals surface area contributed by atoms with Gasteiger partial charge in [-0.05, 0) is 24.1 Å². The first kappa shape index (κ1) is 11.1. The lowest BCUT2D eigenvalue weighted by molar-refractivity contribution is 0.362. The Labute approximate surface area is 90.3 Å². The van der Waals surface area contributed by atoms with Crippen LogP contribution in [0.25, 0.3) is 0 Å². The van der Waals surface area contributed by atoms with E-state index < -0.39 is 0 Å². The van der Waals surface area contributed by atoms with Gasteiger partial charge in [0.2, 0.25) is 0 Å². The van der Waals surface area contributed by atoms with Crippen molar-refractivity contribution in [3.63, 3.8) is 0 Å². The van der Waals surface area contributed by atoms with E-state index in [-0.39, 0.29) is 0 Å². The fourth-order valence-electron chi connectivity index (χ4n) is 1.13. The van der Waals surface area contributed by atoms with Crippen LogP contribution >= 0.6 is 11.6 Å². The molecule has 0 heterocycles. The summed E-state index contributed by atoms with van der Waals surface area (Å²) in [5, 5.41) is 0. The van der Waals surface area contributed by atoms with Gasteiger partial charge in [0.25, 0.3) is 0 Å². The number of alkyl halides is 1. The van der Waals surface area contributed by atoms with E-state index in [4.69, 9.17) is 16.3 Å². The Morgan fingerprint density at radius 3 is 2.93 bits per heavy atom. The van der Waals surface area contributed by atoms with Crippen molar-refractivity contribution in [1.82, 2.24) is 0 Å². The quantitative estimate of drug-likeness (QED) is 0.535. The van der Waals surface area contributed by atoms with Crippen LogP contribution in [0.3, 0.4) is 0 Å². The molecule has 0 radical (unpaired) electrons. The Kier molecular flexibility index (Phi) is 5.16. The second-order valence-electron chi connectivity index (χ2n) is 2.94. The van der Waals surface area contributed by atoms with Gasteiger partial charge < -0.3 is 4.74 Å². The lowest BCUT2D eigenvalue weighted by Crippen LogP contribution is -1.93. The summed E-state index contributed by atoms with van der Waals surface area (Å²) in [5.41, 5.74) is 1.30. The molecule has 0 spiro atoms. The number of hydrogen-bond acceptors (Lipinski definition) is 1. The van der Waals surface area contributed by atoms with Gasteiger partial charge >= 0.3 is 0 Å². The summed E-state index contributed by atoms with van der Waals surface area (Å²) >= 11 is 5.49. The highest BCUT2D eigenvalue weighted by Crippen LogP contribution is 2.13. The molecule has 0 aliphatic carbocycles. The molecular weight excluding hydrogens is 196 g/mol. The van der Waals surface area contributed by atoms with Crippen LogP contribution in [0.15, 0.2) is 36.4 Å². The van der Waals surface area contributed by atoms with Crippen molar-refractivity contribution in [3.8, 4) is 5.75 Å². The van der Waals surface area contributed by atoms with Gasteiger partial charge in [-0.1, -0.05) is 31.2 Å². The van der Waals surface area contributed by atoms with E-state index >= 15 is 0 Å². The zero-order valence-corrected chi connectivity index (χ0v) is 9.13. The molecule has 0 unspecified atom stereocenters. The molecule has 0 saturated carbocycles. The summed E-state index contributed by atoms with van der Waals surface area (Å²) in [7, 11) is 0. The van der Waals surface area contributed by atoms with Crippen LogP contribution in [-0.2, 0) is 6.42 Å². The first-order valence-corrected chi connectivity index (χ1v) is 5.33. The molecule has 1 aromatic rings. The zero-order chi connectivity index (χ0) is 10.2. The van der Waals surface area contributed by atoms with E-state index in [1.807, 2.05) is 24.3 Å². The lowest BCUT2D eigenvalue weighted by atomic mass is 10.2. The molecule has 0 bridgehead atoms. The van der Waals surface area contributed by atoms with Gasteiger partial charge in [-0.3, -0.25) is 0 Å². The molecule has 1 aromatic carbocycles. The van der Waals surface area contributed by atoms with Crippen LogP contribution in [0.1, 0.15) is 12.5 Å². The predicted octanol–water partition coefficient (Wildman–Crippen LogP) is 3.42. The van der Waals surface area contributed by atoms with E-state index in [0.717, 1.165) is 12.2 Å². The number of benzene rings is 1. The van der Waals surface area contributed by atoms with Gasteiger partial charge in [0.05, 0.1) is 0 Å². The second kappa shape index (κ2) is 6.50. The molecule has 0 atom stereocenters. The van der Waals surface area contributed by atoms with Gasteiger partial charge in [0, 0.05) is 5.88 Å².